The number of aliphatic carboxylic acids is 1. The van der Waals surface area contributed by atoms with Gasteiger partial charge >= 0.3 is 11.9 Å². The second-order valence-electron chi connectivity index (χ2n) is 8.07. The first-order valence-corrected chi connectivity index (χ1v) is 10.7. The smallest absolute Gasteiger partial charge is 0.317 e. The fraction of sp³-hybridized carbons (Fsp3) is 0.292. The van der Waals surface area contributed by atoms with Crippen LogP contribution in [0.1, 0.15) is 6.42 Å². The molecule has 0 bridgehead atoms. The molecule has 0 aliphatic carbocycles. The van der Waals surface area contributed by atoms with E-state index in [2.05, 4.69) is 0 Å². The van der Waals surface area contributed by atoms with E-state index in [1.165, 1.54) is 36.6 Å². The molecule has 0 amide bonds. The molecule has 190 valence electrons. The Kier molecular flexibility index (Phi) is 7.22. The summed E-state index contributed by atoms with van der Waals surface area (Å²) in [5.41, 5.74) is 0.652. The van der Waals surface area contributed by atoms with Crippen molar-refractivity contribution in [3.05, 3.63) is 59.0 Å². The molecular weight excluding hydrogens is 480 g/mol. The lowest BCUT2D eigenvalue weighted by atomic mass is 9.99. The minimum atomic E-state index is -1.72. The van der Waals surface area contributed by atoms with Crippen molar-refractivity contribution in [1.82, 2.24) is 0 Å². The summed E-state index contributed by atoms with van der Waals surface area (Å²) < 4.78 is 21.4. The van der Waals surface area contributed by atoms with Gasteiger partial charge in [-0.05, 0) is 29.8 Å². The Balaban J connectivity index is 1.51. The fourth-order valence-corrected chi connectivity index (χ4v) is 3.66. The molecule has 0 saturated carbocycles. The highest BCUT2D eigenvalue weighted by atomic mass is 16.7. The number of carboxylic acid groups (broad SMARTS) is 1. The topological polar surface area (TPSA) is 193 Å². The Hall–Kier alpha value is -3.97. The van der Waals surface area contributed by atoms with E-state index < -0.39 is 55.7 Å². The van der Waals surface area contributed by atoms with Gasteiger partial charge in [-0.3, -0.25) is 14.4 Å². The van der Waals surface area contributed by atoms with Gasteiger partial charge < -0.3 is 44.2 Å². The predicted molar refractivity (Wildman–Crippen MR) is 120 cm³/mol. The van der Waals surface area contributed by atoms with E-state index in [0.29, 0.717) is 5.56 Å². The van der Waals surface area contributed by atoms with Crippen LogP contribution in [0, 0.1) is 0 Å². The van der Waals surface area contributed by atoms with Crippen molar-refractivity contribution >= 4 is 22.9 Å². The highest BCUT2D eigenvalue weighted by Crippen LogP contribution is 2.28. The molecule has 1 aromatic heterocycles. The van der Waals surface area contributed by atoms with Gasteiger partial charge in [0, 0.05) is 6.07 Å². The number of aromatic hydroxyl groups is 1. The summed E-state index contributed by atoms with van der Waals surface area (Å²) in [6.07, 6.45) is -7.53. The number of phenols is 1. The molecule has 12 heteroatoms. The SMILES string of the molecule is O=C(O)CC(=O)OCC1O[C@@H](Oc2ccc3c(=O)c(-c4ccc(O)cc4)coc3c2)C(O)C(O)[C@@H]1O. The number of carbonyl (C=O) groups is 2. The van der Waals surface area contributed by atoms with Gasteiger partial charge in [-0.15, -0.1) is 0 Å². The average molecular weight is 502 g/mol. The van der Waals surface area contributed by atoms with E-state index in [1.807, 2.05) is 0 Å². The summed E-state index contributed by atoms with van der Waals surface area (Å²) in [6.45, 7) is -0.594. The summed E-state index contributed by atoms with van der Waals surface area (Å²) in [7, 11) is 0. The van der Waals surface area contributed by atoms with Gasteiger partial charge in [0.1, 0.15) is 60.8 Å². The van der Waals surface area contributed by atoms with Crippen LogP contribution in [0.3, 0.4) is 0 Å². The number of hydrogen-bond donors (Lipinski definition) is 5. The Labute approximate surface area is 202 Å². The minimum absolute atomic E-state index is 0.0520. The Morgan fingerprint density at radius 2 is 1.69 bits per heavy atom. The van der Waals surface area contributed by atoms with Crippen LogP contribution in [0.2, 0.25) is 0 Å². The molecule has 36 heavy (non-hydrogen) atoms. The van der Waals surface area contributed by atoms with Gasteiger partial charge in [-0.1, -0.05) is 12.1 Å². The lowest BCUT2D eigenvalue weighted by Gasteiger charge is -2.39. The number of carboxylic acids is 1. The molecule has 2 heterocycles. The third-order valence-corrected chi connectivity index (χ3v) is 5.55. The van der Waals surface area contributed by atoms with Crippen LogP contribution in [0.5, 0.6) is 11.5 Å². The van der Waals surface area contributed by atoms with Crippen molar-refractivity contribution in [3.63, 3.8) is 0 Å². The number of benzene rings is 2. The first-order chi connectivity index (χ1) is 17.1. The van der Waals surface area contributed by atoms with E-state index in [4.69, 9.17) is 23.7 Å². The second-order valence-corrected chi connectivity index (χ2v) is 8.07. The molecule has 0 spiro atoms. The molecule has 0 radical (unpaired) electrons. The zero-order valence-electron chi connectivity index (χ0n) is 18.5. The molecule has 5 N–H and O–H groups in total. The zero-order valence-corrected chi connectivity index (χ0v) is 18.5. The highest BCUT2D eigenvalue weighted by Gasteiger charge is 2.45. The molecule has 1 aliphatic heterocycles. The first-order valence-electron chi connectivity index (χ1n) is 10.7. The molecule has 1 aliphatic rings. The first kappa shape index (κ1) is 25.1. The summed E-state index contributed by atoms with van der Waals surface area (Å²) in [4.78, 5) is 35.0. The number of carbonyl (C=O) groups excluding carboxylic acids is 1. The van der Waals surface area contributed by atoms with Crippen LogP contribution >= 0.6 is 0 Å². The summed E-state index contributed by atoms with van der Waals surface area (Å²) in [5.74, 6) is -2.33. The molecule has 3 aromatic rings. The van der Waals surface area contributed by atoms with Gasteiger partial charge in [0.2, 0.25) is 6.29 Å². The van der Waals surface area contributed by atoms with Crippen molar-refractivity contribution in [1.29, 1.82) is 0 Å². The van der Waals surface area contributed by atoms with E-state index in [-0.39, 0.29) is 33.5 Å². The number of ether oxygens (including phenoxy) is 3. The molecule has 2 aromatic carbocycles. The second kappa shape index (κ2) is 10.3. The maximum atomic E-state index is 12.9. The number of aliphatic hydroxyl groups is 3. The Bertz CT molecular complexity index is 1310. The fourth-order valence-electron chi connectivity index (χ4n) is 3.66. The van der Waals surface area contributed by atoms with Crippen LogP contribution in [-0.2, 0) is 19.1 Å². The van der Waals surface area contributed by atoms with Crippen LogP contribution in [0.15, 0.2) is 57.9 Å². The van der Waals surface area contributed by atoms with E-state index in [0.717, 1.165) is 0 Å². The molecular formula is C24H22O12. The average Bonchev–Trinajstić information content (AvgIpc) is 2.84. The number of rotatable bonds is 7. The third-order valence-electron chi connectivity index (χ3n) is 5.55. The van der Waals surface area contributed by atoms with Crippen LogP contribution in [0.4, 0.5) is 0 Å². The largest absolute Gasteiger partial charge is 0.508 e. The maximum Gasteiger partial charge on any atom is 0.317 e. The van der Waals surface area contributed by atoms with Crippen molar-refractivity contribution in [2.75, 3.05) is 6.61 Å². The monoisotopic (exact) mass is 502 g/mol. The van der Waals surface area contributed by atoms with Crippen LogP contribution in [0.25, 0.3) is 22.1 Å². The minimum Gasteiger partial charge on any atom is -0.508 e. The van der Waals surface area contributed by atoms with Crippen molar-refractivity contribution in [3.8, 4) is 22.6 Å². The zero-order chi connectivity index (χ0) is 26.0. The lowest BCUT2D eigenvalue weighted by molar-refractivity contribution is -0.278. The summed E-state index contributed by atoms with van der Waals surface area (Å²) >= 11 is 0. The molecule has 1 fully saturated rings. The van der Waals surface area contributed by atoms with E-state index in [9.17, 15) is 34.8 Å². The Morgan fingerprint density at radius 3 is 2.39 bits per heavy atom. The third kappa shape index (κ3) is 5.31. The molecule has 5 atom stereocenters. The maximum absolute atomic E-state index is 12.9. The number of esters is 1. The quantitative estimate of drug-likeness (QED) is 0.220. The van der Waals surface area contributed by atoms with Crippen molar-refractivity contribution < 1.29 is 53.7 Å². The van der Waals surface area contributed by atoms with Crippen LogP contribution in [-0.4, -0.2) is 74.8 Å². The predicted octanol–water partition coefficient (Wildman–Crippen LogP) is 0.370. The molecule has 4 rings (SSSR count). The Morgan fingerprint density at radius 1 is 0.972 bits per heavy atom. The lowest BCUT2D eigenvalue weighted by Crippen LogP contribution is -2.60. The van der Waals surface area contributed by atoms with Crippen molar-refractivity contribution in [2.24, 2.45) is 0 Å². The summed E-state index contributed by atoms with van der Waals surface area (Å²) in [5, 5.41) is 48.9. The normalized spacial score (nSPS) is 23.8. The van der Waals surface area contributed by atoms with Crippen molar-refractivity contribution in [2.45, 2.75) is 37.1 Å². The summed E-state index contributed by atoms with van der Waals surface area (Å²) in [6, 6.07) is 10.2. The number of phenolic OH excluding ortho intramolecular Hbond substituents is 1. The molecule has 3 unspecified atom stereocenters. The number of aliphatic hydroxyl groups excluding tert-OH is 3. The van der Waals surface area contributed by atoms with Gasteiger partial charge in [0.15, 0.2) is 5.43 Å². The van der Waals surface area contributed by atoms with E-state index in [1.54, 1.807) is 12.1 Å². The number of fused-ring (bicyclic) bond motifs is 1. The number of hydrogen-bond acceptors (Lipinski definition) is 11. The van der Waals surface area contributed by atoms with Gasteiger partial charge in [-0.25, -0.2) is 0 Å². The highest BCUT2D eigenvalue weighted by molar-refractivity contribution is 5.90. The van der Waals surface area contributed by atoms with Gasteiger partial charge in [0.05, 0.1) is 10.9 Å². The van der Waals surface area contributed by atoms with Gasteiger partial charge in [0.25, 0.3) is 0 Å². The van der Waals surface area contributed by atoms with Gasteiger partial charge in [-0.2, -0.15) is 0 Å². The molecule has 1 saturated heterocycles. The standard InChI is InChI=1S/C24H22O12/c25-12-3-1-11(2-4-12)15-9-33-16-7-13(5-6-14(16)20(15)29)35-24-23(32)22(31)21(30)17(36-24)10-34-19(28)8-18(26)27/h1-7,9,17,21-25,30-32H,8,10H2,(H,26,27)/t17?,21-,22?,23?,24-/m1/s1. The molecule has 12 nitrogen and oxygen atoms in total. The van der Waals surface area contributed by atoms with E-state index >= 15 is 0 Å². The van der Waals surface area contributed by atoms with Crippen LogP contribution < -0.4 is 10.2 Å².